The van der Waals surface area contributed by atoms with Gasteiger partial charge in [-0.2, -0.15) is 0 Å². The van der Waals surface area contributed by atoms with Gasteiger partial charge >= 0.3 is 0 Å². The average molecular weight is 272 g/mol. The highest BCUT2D eigenvalue weighted by atomic mass is 32.2. The summed E-state index contributed by atoms with van der Waals surface area (Å²) in [5.74, 6) is 0.764. The maximum atomic E-state index is 11.7. The van der Waals surface area contributed by atoms with Crippen LogP contribution in [0, 0.1) is 6.92 Å². The van der Waals surface area contributed by atoms with Crippen LogP contribution in [0.3, 0.4) is 0 Å². The first-order valence-electron chi connectivity index (χ1n) is 6.14. The quantitative estimate of drug-likeness (QED) is 0.847. The number of benzene rings is 1. The molecular formula is C15H16N2OS. The molecule has 0 aliphatic rings. The molecule has 3 nitrogen and oxygen atoms in total. The molecule has 0 radical (unpaired) electrons. The van der Waals surface area contributed by atoms with E-state index >= 15 is 0 Å². The van der Waals surface area contributed by atoms with E-state index in [1.165, 1.54) is 0 Å². The molecule has 0 aliphatic carbocycles. The fourth-order valence-corrected chi connectivity index (χ4v) is 2.32. The second-order valence-electron chi connectivity index (χ2n) is 4.19. The first kappa shape index (κ1) is 13.6. The van der Waals surface area contributed by atoms with Crippen LogP contribution in [-0.2, 0) is 4.79 Å². The topological polar surface area (TPSA) is 42.0 Å². The minimum Gasteiger partial charge on any atom is -0.326 e. The number of hydrogen-bond acceptors (Lipinski definition) is 3. The van der Waals surface area contributed by atoms with Crippen LogP contribution >= 0.6 is 11.8 Å². The minimum absolute atomic E-state index is 0.0332. The van der Waals surface area contributed by atoms with E-state index in [4.69, 9.17) is 0 Å². The first-order chi connectivity index (χ1) is 9.24. The lowest BCUT2D eigenvalue weighted by Gasteiger charge is -2.04. The lowest BCUT2D eigenvalue weighted by atomic mass is 10.3. The number of aryl methyl sites for hydroxylation is 1. The molecule has 0 spiro atoms. The van der Waals surface area contributed by atoms with Crippen molar-refractivity contribution in [2.45, 2.75) is 18.4 Å². The van der Waals surface area contributed by atoms with E-state index in [-0.39, 0.29) is 5.91 Å². The van der Waals surface area contributed by atoms with Crippen molar-refractivity contribution in [3.63, 3.8) is 0 Å². The number of carbonyl (C=O) groups is 1. The van der Waals surface area contributed by atoms with Gasteiger partial charge in [0.05, 0.1) is 5.03 Å². The zero-order valence-corrected chi connectivity index (χ0v) is 11.6. The highest BCUT2D eigenvalue weighted by molar-refractivity contribution is 7.99. The molecule has 1 aromatic heterocycles. The van der Waals surface area contributed by atoms with Gasteiger partial charge in [0.1, 0.15) is 0 Å². The molecule has 0 aliphatic heterocycles. The number of nitrogens with zero attached hydrogens (tertiary/aromatic N) is 1. The van der Waals surface area contributed by atoms with Gasteiger partial charge in [0, 0.05) is 24.1 Å². The smallest absolute Gasteiger partial charge is 0.225 e. The molecule has 0 fully saturated rings. The fourth-order valence-electron chi connectivity index (χ4n) is 1.53. The average Bonchev–Trinajstić information content (AvgIpc) is 2.42. The van der Waals surface area contributed by atoms with E-state index < -0.39 is 0 Å². The number of amides is 1. The second-order valence-corrected chi connectivity index (χ2v) is 5.30. The summed E-state index contributed by atoms with van der Waals surface area (Å²) in [6.45, 7) is 2.01. The van der Waals surface area contributed by atoms with E-state index in [0.29, 0.717) is 6.42 Å². The molecule has 0 unspecified atom stereocenters. The largest absolute Gasteiger partial charge is 0.326 e. The molecule has 0 bridgehead atoms. The summed E-state index contributed by atoms with van der Waals surface area (Å²) in [6.07, 6.45) is 2.32. The molecule has 98 valence electrons. The van der Waals surface area contributed by atoms with Crippen LogP contribution in [0.15, 0.2) is 53.7 Å². The van der Waals surface area contributed by atoms with Crippen molar-refractivity contribution >= 4 is 23.4 Å². The third-order valence-electron chi connectivity index (χ3n) is 2.52. The Morgan fingerprint density at radius 1 is 1.21 bits per heavy atom. The van der Waals surface area contributed by atoms with Crippen molar-refractivity contribution in [2.75, 3.05) is 11.1 Å². The zero-order valence-electron chi connectivity index (χ0n) is 10.8. The highest BCUT2D eigenvalue weighted by Gasteiger charge is 2.03. The molecule has 2 rings (SSSR count). The lowest BCUT2D eigenvalue weighted by molar-refractivity contribution is -0.115. The Morgan fingerprint density at radius 3 is 2.68 bits per heavy atom. The number of aromatic nitrogens is 1. The number of nitrogens with one attached hydrogen (secondary N) is 1. The molecule has 1 amide bonds. The van der Waals surface area contributed by atoms with Crippen LogP contribution in [-0.4, -0.2) is 16.6 Å². The summed E-state index contributed by atoms with van der Waals surface area (Å²) in [6, 6.07) is 13.5. The van der Waals surface area contributed by atoms with Crippen LogP contribution in [0.5, 0.6) is 0 Å². The van der Waals surface area contributed by atoms with Crippen LogP contribution in [0.25, 0.3) is 0 Å². The first-order valence-corrected chi connectivity index (χ1v) is 7.13. The van der Waals surface area contributed by atoms with Gasteiger partial charge in [-0.05, 0) is 30.7 Å². The summed E-state index contributed by atoms with van der Waals surface area (Å²) < 4.78 is 0. The van der Waals surface area contributed by atoms with Crippen molar-refractivity contribution in [1.29, 1.82) is 0 Å². The maximum absolute atomic E-state index is 11.7. The van der Waals surface area contributed by atoms with Crippen LogP contribution in [0.1, 0.15) is 12.0 Å². The molecule has 0 saturated heterocycles. The van der Waals surface area contributed by atoms with Crippen molar-refractivity contribution in [2.24, 2.45) is 0 Å². The fraction of sp³-hybridized carbons (Fsp3) is 0.200. The molecule has 4 heteroatoms. The molecule has 1 aromatic carbocycles. The third kappa shape index (κ3) is 4.75. The third-order valence-corrected chi connectivity index (χ3v) is 3.47. The van der Waals surface area contributed by atoms with Crippen molar-refractivity contribution in [3.05, 3.63) is 54.2 Å². The predicted octanol–water partition coefficient (Wildman–Crippen LogP) is 3.51. The second kappa shape index (κ2) is 6.95. The number of anilines is 1. The molecule has 19 heavy (non-hydrogen) atoms. The van der Waals surface area contributed by atoms with Gasteiger partial charge in [0.25, 0.3) is 0 Å². The molecule has 2 aromatic rings. The van der Waals surface area contributed by atoms with Gasteiger partial charge in [-0.1, -0.05) is 24.3 Å². The van der Waals surface area contributed by atoms with Gasteiger partial charge < -0.3 is 5.32 Å². The number of thioether (sulfide) groups is 1. The summed E-state index contributed by atoms with van der Waals surface area (Å²) in [5, 5.41) is 3.82. The Labute approximate surface area is 117 Å². The standard InChI is InChI=1S/C15H16N2OS/c1-12-7-8-15(16-11-12)19-10-9-14(18)17-13-5-3-2-4-6-13/h2-8,11H,9-10H2,1H3,(H,17,18). The van der Waals surface area contributed by atoms with E-state index in [0.717, 1.165) is 22.0 Å². The zero-order chi connectivity index (χ0) is 13.5. The van der Waals surface area contributed by atoms with Gasteiger partial charge in [-0.15, -0.1) is 11.8 Å². The summed E-state index contributed by atoms with van der Waals surface area (Å²) in [5.41, 5.74) is 1.98. The number of rotatable bonds is 5. The normalized spacial score (nSPS) is 10.2. The minimum atomic E-state index is 0.0332. The van der Waals surface area contributed by atoms with Gasteiger partial charge in [0.2, 0.25) is 5.91 Å². The Hall–Kier alpha value is -1.81. The lowest BCUT2D eigenvalue weighted by Crippen LogP contribution is -2.11. The van der Waals surface area contributed by atoms with Gasteiger partial charge in [-0.3, -0.25) is 4.79 Å². The molecule has 0 saturated carbocycles. The van der Waals surface area contributed by atoms with E-state index in [9.17, 15) is 4.79 Å². The van der Waals surface area contributed by atoms with Gasteiger partial charge in [0.15, 0.2) is 0 Å². The van der Waals surface area contributed by atoms with Crippen molar-refractivity contribution in [1.82, 2.24) is 4.98 Å². The summed E-state index contributed by atoms with van der Waals surface area (Å²) >= 11 is 1.60. The van der Waals surface area contributed by atoms with Crippen LogP contribution in [0.4, 0.5) is 5.69 Å². The Bertz CT molecular complexity index is 526. The predicted molar refractivity (Wildman–Crippen MR) is 79.4 cm³/mol. The molecule has 0 atom stereocenters. The number of pyridine rings is 1. The molecule has 1 N–H and O–H groups in total. The number of hydrogen-bond donors (Lipinski definition) is 1. The van der Waals surface area contributed by atoms with E-state index in [1.807, 2.05) is 55.6 Å². The van der Waals surface area contributed by atoms with Crippen molar-refractivity contribution < 1.29 is 4.79 Å². The van der Waals surface area contributed by atoms with Crippen molar-refractivity contribution in [3.8, 4) is 0 Å². The molecule has 1 heterocycles. The molecular weight excluding hydrogens is 256 g/mol. The van der Waals surface area contributed by atoms with Crippen LogP contribution in [0.2, 0.25) is 0 Å². The maximum Gasteiger partial charge on any atom is 0.225 e. The van der Waals surface area contributed by atoms with Gasteiger partial charge in [-0.25, -0.2) is 4.98 Å². The summed E-state index contributed by atoms with van der Waals surface area (Å²) in [7, 11) is 0. The van der Waals surface area contributed by atoms with Crippen LogP contribution < -0.4 is 5.32 Å². The van der Waals surface area contributed by atoms with E-state index in [1.54, 1.807) is 11.8 Å². The number of carbonyl (C=O) groups excluding carboxylic acids is 1. The monoisotopic (exact) mass is 272 g/mol. The summed E-state index contributed by atoms with van der Waals surface area (Å²) in [4.78, 5) is 16.0. The Balaban J connectivity index is 1.74. The Morgan fingerprint density at radius 2 is 2.00 bits per heavy atom. The number of para-hydroxylation sites is 1. The Kier molecular flexibility index (Phi) is 4.98. The highest BCUT2D eigenvalue weighted by Crippen LogP contribution is 2.16. The van der Waals surface area contributed by atoms with E-state index in [2.05, 4.69) is 10.3 Å². The SMILES string of the molecule is Cc1ccc(SCCC(=O)Nc2ccccc2)nc1.